The van der Waals surface area contributed by atoms with E-state index in [4.69, 9.17) is 11.6 Å². The molecule has 0 bridgehead atoms. The Kier molecular flexibility index (Phi) is 6.90. The maximum atomic E-state index is 6.14. The molecule has 3 rings (SSSR count). The maximum Gasteiger partial charge on any atom is 0.0557 e. The van der Waals surface area contributed by atoms with Crippen LogP contribution < -0.4 is 12.4 Å². The van der Waals surface area contributed by atoms with Crippen LogP contribution in [-0.4, -0.2) is 42.3 Å². The zero-order valence-corrected chi connectivity index (χ0v) is 14.4. The molecule has 0 radical (unpaired) electrons. The number of hydrazone groups is 1. The molecule has 1 aliphatic heterocycles. The van der Waals surface area contributed by atoms with E-state index in [1.807, 2.05) is 30.5 Å². The molecule has 0 unspecified atom stereocenters. The van der Waals surface area contributed by atoms with Gasteiger partial charge in [0.2, 0.25) is 0 Å². The van der Waals surface area contributed by atoms with Crippen LogP contribution in [0.4, 0.5) is 0 Å². The minimum Gasteiger partial charge on any atom is -1.00 e. The van der Waals surface area contributed by atoms with Crippen LogP contribution in [0.2, 0.25) is 5.02 Å². The summed E-state index contributed by atoms with van der Waals surface area (Å²) in [5.41, 5.74) is 2.34. The Hall–Kier alpha value is -1.55. The lowest BCUT2D eigenvalue weighted by Gasteiger charge is -2.33. The molecule has 2 aromatic carbocycles. The highest BCUT2D eigenvalue weighted by Gasteiger charge is 2.15. The van der Waals surface area contributed by atoms with E-state index in [1.54, 1.807) is 0 Å². The Labute approximate surface area is 149 Å². The molecule has 1 aliphatic rings. The second kappa shape index (κ2) is 8.92. The second-order valence-electron chi connectivity index (χ2n) is 5.48. The summed E-state index contributed by atoms with van der Waals surface area (Å²) in [6.45, 7) is 4.99. The number of rotatable bonds is 4. The van der Waals surface area contributed by atoms with E-state index < -0.39 is 0 Å². The van der Waals surface area contributed by atoms with E-state index in [1.165, 1.54) is 5.56 Å². The van der Waals surface area contributed by atoms with Crippen molar-refractivity contribution in [2.24, 2.45) is 5.10 Å². The van der Waals surface area contributed by atoms with Crippen molar-refractivity contribution in [2.45, 2.75) is 6.54 Å². The summed E-state index contributed by atoms with van der Waals surface area (Å²) < 4.78 is 0. The number of halogens is 2. The number of hydrogen-bond donors (Lipinski definition) is 0. The van der Waals surface area contributed by atoms with Crippen LogP contribution in [0, 0.1) is 0 Å². The molecule has 1 fully saturated rings. The van der Waals surface area contributed by atoms with E-state index >= 15 is 0 Å². The first-order chi connectivity index (χ1) is 10.8. The van der Waals surface area contributed by atoms with Crippen molar-refractivity contribution in [1.82, 2.24) is 9.91 Å². The number of hydrogen-bond acceptors (Lipinski definition) is 3. The van der Waals surface area contributed by atoms with Crippen molar-refractivity contribution in [2.75, 3.05) is 26.2 Å². The van der Waals surface area contributed by atoms with Crippen LogP contribution in [-0.2, 0) is 6.54 Å². The predicted molar refractivity (Wildman–Crippen MR) is 92.3 cm³/mol. The fraction of sp³-hybridized carbons (Fsp3) is 0.278. The van der Waals surface area contributed by atoms with Crippen molar-refractivity contribution in [1.29, 1.82) is 0 Å². The Morgan fingerprint density at radius 1 is 0.913 bits per heavy atom. The lowest BCUT2D eigenvalue weighted by atomic mass is 10.2. The molecule has 5 heteroatoms. The van der Waals surface area contributed by atoms with E-state index in [9.17, 15) is 0 Å². The average molecular weight is 349 g/mol. The third kappa shape index (κ3) is 5.24. The fourth-order valence-electron chi connectivity index (χ4n) is 2.58. The Bertz CT molecular complexity index is 623. The third-order valence-electron chi connectivity index (χ3n) is 3.86. The van der Waals surface area contributed by atoms with Crippen molar-refractivity contribution in [3.05, 3.63) is 70.7 Å². The first-order valence-corrected chi connectivity index (χ1v) is 7.99. The van der Waals surface area contributed by atoms with Gasteiger partial charge in [0.05, 0.1) is 6.21 Å². The number of nitrogens with zero attached hydrogens (tertiary/aromatic N) is 3. The summed E-state index contributed by atoms with van der Waals surface area (Å²) in [6, 6.07) is 18.4. The van der Waals surface area contributed by atoms with Gasteiger partial charge in [0.25, 0.3) is 0 Å². The minimum atomic E-state index is 0. The van der Waals surface area contributed by atoms with E-state index in [-0.39, 0.29) is 12.4 Å². The van der Waals surface area contributed by atoms with Crippen molar-refractivity contribution >= 4 is 17.8 Å². The van der Waals surface area contributed by atoms with Crippen molar-refractivity contribution < 1.29 is 12.4 Å². The van der Waals surface area contributed by atoms with Gasteiger partial charge in [-0.1, -0.05) is 60.1 Å². The third-order valence-corrected chi connectivity index (χ3v) is 4.21. The van der Waals surface area contributed by atoms with Gasteiger partial charge in [0.15, 0.2) is 0 Å². The van der Waals surface area contributed by atoms with Gasteiger partial charge in [0, 0.05) is 43.3 Å². The molecule has 1 saturated heterocycles. The van der Waals surface area contributed by atoms with Gasteiger partial charge in [-0.25, -0.2) is 0 Å². The summed E-state index contributed by atoms with van der Waals surface area (Å²) in [5.74, 6) is 0. The molecule has 0 N–H and O–H groups in total. The van der Waals surface area contributed by atoms with Gasteiger partial charge >= 0.3 is 0 Å². The largest absolute Gasteiger partial charge is 1.00 e. The minimum absolute atomic E-state index is 0. The van der Waals surface area contributed by atoms with Crippen LogP contribution in [0.1, 0.15) is 11.1 Å². The molecule has 23 heavy (non-hydrogen) atoms. The lowest BCUT2D eigenvalue weighted by molar-refractivity contribution is -0.00000435. The molecule has 2 aromatic rings. The molecule has 0 aliphatic carbocycles. The summed E-state index contributed by atoms with van der Waals surface area (Å²) in [6.07, 6.45) is 1.86. The highest BCUT2D eigenvalue weighted by molar-refractivity contribution is 6.33. The summed E-state index contributed by atoms with van der Waals surface area (Å²) in [5, 5.41) is 7.41. The summed E-state index contributed by atoms with van der Waals surface area (Å²) in [4.78, 5) is 2.47. The van der Waals surface area contributed by atoms with Crippen LogP contribution in [0.25, 0.3) is 0 Å². The molecule has 122 valence electrons. The molecule has 0 atom stereocenters. The zero-order chi connectivity index (χ0) is 15.2. The topological polar surface area (TPSA) is 18.8 Å². The van der Waals surface area contributed by atoms with Gasteiger partial charge < -0.3 is 12.4 Å². The second-order valence-corrected chi connectivity index (χ2v) is 5.89. The maximum absolute atomic E-state index is 6.14. The van der Waals surface area contributed by atoms with Gasteiger partial charge in [-0.15, -0.1) is 0 Å². The monoisotopic (exact) mass is 348 g/mol. The van der Waals surface area contributed by atoms with Gasteiger partial charge in [0.1, 0.15) is 0 Å². The number of piperazine rings is 1. The molecular weight excluding hydrogens is 329 g/mol. The smallest absolute Gasteiger partial charge is 0.0557 e. The quantitative estimate of drug-likeness (QED) is 0.749. The van der Waals surface area contributed by atoms with E-state index in [2.05, 4.69) is 45.3 Å². The number of benzene rings is 2. The van der Waals surface area contributed by atoms with Gasteiger partial charge in [-0.2, -0.15) is 5.10 Å². The molecule has 0 saturated carbocycles. The van der Waals surface area contributed by atoms with Crippen molar-refractivity contribution in [3.8, 4) is 0 Å². The molecule has 0 amide bonds. The predicted octanol–water partition coefficient (Wildman–Crippen LogP) is 0.496. The Balaban J connectivity index is 0.00000192. The van der Waals surface area contributed by atoms with E-state index in [0.717, 1.165) is 43.3 Å². The Morgan fingerprint density at radius 3 is 2.26 bits per heavy atom. The summed E-state index contributed by atoms with van der Waals surface area (Å²) >= 11 is 6.14. The van der Waals surface area contributed by atoms with Gasteiger partial charge in [-0.05, 0) is 11.6 Å². The average Bonchev–Trinajstić information content (AvgIpc) is 2.56. The highest BCUT2D eigenvalue weighted by atomic mass is 35.5. The fourth-order valence-corrected chi connectivity index (χ4v) is 2.76. The summed E-state index contributed by atoms with van der Waals surface area (Å²) in [7, 11) is 0. The Morgan fingerprint density at radius 2 is 1.57 bits per heavy atom. The van der Waals surface area contributed by atoms with Crippen LogP contribution in [0.15, 0.2) is 59.7 Å². The van der Waals surface area contributed by atoms with Crippen LogP contribution in [0.3, 0.4) is 0 Å². The lowest BCUT2D eigenvalue weighted by Crippen LogP contribution is -3.00. The zero-order valence-electron chi connectivity index (χ0n) is 12.9. The molecule has 3 nitrogen and oxygen atoms in total. The SMILES string of the molecule is Clc1ccccc1C=NN1CCN(Cc2ccccc2)CC1.[Cl-]. The van der Waals surface area contributed by atoms with E-state index in [0.29, 0.717) is 0 Å². The first-order valence-electron chi connectivity index (χ1n) is 7.61. The normalized spacial score (nSPS) is 15.6. The highest BCUT2D eigenvalue weighted by Crippen LogP contribution is 2.13. The van der Waals surface area contributed by atoms with Crippen LogP contribution >= 0.6 is 11.6 Å². The van der Waals surface area contributed by atoms with Crippen molar-refractivity contribution in [3.63, 3.8) is 0 Å². The first kappa shape index (κ1) is 17.8. The standard InChI is InChI=1S/C18H20ClN3.ClH/c19-18-9-5-4-8-17(18)14-20-22-12-10-21(11-13-22)15-16-6-2-1-3-7-16;/h1-9,14H,10-13,15H2;1H/p-1. The molecule has 0 aromatic heterocycles. The molecule has 0 spiro atoms. The van der Waals surface area contributed by atoms with Crippen LogP contribution in [0.5, 0.6) is 0 Å². The molecular formula is C18H20Cl2N3-. The van der Waals surface area contributed by atoms with Gasteiger partial charge in [-0.3, -0.25) is 9.91 Å². The molecule has 1 heterocycles.